The van der Waals surface area contributed by atoms with Crippen molar-refractivity contribution in [3.05, 3.63) is 71.0 Å². The smallest absolute Gasteiger partial charge is 0.305 e. The number of halogens is 1. The number of hydrogen-bond donors (Lipinski definition) is 2. The molecular formula is C20H21FN2O4. The molecule has 0 radical (unpaired) electrons. The van der Waals surface area contributed by atoms with Gasteiger partial charge in [0.1, 0.15) is 5.82 Å². The van der Waals surface area contributed by atoms with Gasteiger partial charge in [0.2, 0.25) is 0 Å². The van der Waals surface area contributed by atoms with Gasteiger partial charge in [-0.05, 0) is 42.8 Å². The second-order valence-electron chi connectivity index (χ2n) is 6.08. The molecule has 0 heterocycles. The summed E-state index contributed by atoms with van der Waals surface area (Å²) in [6.07, 6.45) is -0.353. The molecule has 2 aromatic carbocycles. The van der Waals surface area contributed by atoms with E-state index in [1.807, 2.05) is 6.92 Å². The van der Waals surface area contributed by atoms with Gasteiger partial charge in [-0.1, -0.05) is 18.2 Å². The first kappa shape index (κ1) is 20.1. The standard InChI is InChI=1S/C20H21FN2O4/c1-3-23(2)20(27)15-6-4-5-14(11-15)19(26)22-17(12-18(24)25)13-7-9-16(21)10-8-13/h4-11,17H,3,12H2,1-2H3,(H,22,26)(H,24,25). The van der Waals surface area contributed by atoms with E-state index in [0.717, 1.165) is 0 Å². The van der Waals surface area contributed by atoms with Crippen LogP contribution in [-0.2, 0) is 4.79 Å². The first-order chi connectivity index (χ1) is 12.8. The molecule has 7 heteroatoms. The molecule has 2 rings (SSSR count). The van der Waals surface area contributed by atoms with Gasteiger partial charge in [0.25, 0.3) is 11.8 Å². The maximum atomic E-state index is 13.1. The van der Waals surface area contributed by atoms with Crippen molar-refractivity contribution in [1.29, 1.82) is 0 Å². The molecule has 0 fully saturated rings. The van der Waals surface area contributed by atoms with Gasteiger partial charge in [0.15, 0.2) is 0 Å². The molecule has 0 bridgehead atoms. The Labute approximate surface area is 156 Å². The van der Waals surface area contributed by atoms with E-state index in [2.05, 4.69) is 5.32 Å². The number of rotatable bonds is 7. The molecule has 0 aliphatic rings. The Morgan fingerprint density at radius 1 is 1.11 bits per heavy atom. The highest BCUT2D eigenvalue weighted by molar-refractivity contribution is 5.99. The van der Waals surface area contributed by atoms with Crippen molar-refractivity contribution in [3.63, 3.8) is 0 Å². The molecule has 0 aromatic heterocycles. The largest absolute Gasteiger partial charge is 0.481 e. The SMILES string of the molecule is CCN(C)C(=O)c1cccc(C(=O)NC(CC(=O)O)c2ccc(F)cc2)c1. The quantitative estimate of drug-likeness (QED) is 0.782. The van der Waals surface area contributed by atoms with Crippen molar-refractivity contribution in [2.24, 2.45) is 0 Å². The Kier molecular flexibility index (Phi) is 6.65. The first-order valence-corrected chi connectivity index (χ1v) is 8.45. The van der Waals surface area contributed by atoms with E-state index in [4.69, 9.17) is 5.11 Å². The molecule has 0 saturated carbocycles. The lowest BCUT2D eigenvalue weighted by molar-refractivity contribution is -0.137. The molecular weight excluding hydrogens is 351 g/mol. The van der Waals surface area contributed by atoms with Crippen LogP contribution >= 0.6 is 0 Å². The molecule has 0 saturated heterocycles. The predicted octanol–water partition coefficient (Wildman–Crippen LogP) is 2.86. The molecule has 0 spiro atoms. The minimum absolute atomic E-state index is 0.215. The van der Waals surface area contributed by atoms with Crippen molar-refractivity contribution >= 4 is 17.8 Å². The first-order valence-electron chi connectivity index (χ1n) is 8.45. The normalized spacial score (nSPS) is 11.5. The lowest BCUT2D eigenvalue weighted by Crippen LogP contribution is -2.31. The number of hydrogen-bond acceptors (Lipinski definition) is 3. The fraction of sp³-hybridized carbons (Fsp3) is 0.250. The summed E-state index contributed by atoms with van der Waals surface area (Å²) in [5.74, 6) is -2.28. The predicted molar refractivity (Wildman–Crippen MR) is 97.9 cm³/mol. The molecule has 0 aliphatic heterocycles. The van der Waals surface area contributed by atoms with E-state index in [9.17, 15) is 18.8 Å². The van der Waals surface area contributed by atoms with Crippen LogP contribution in [0, 0.1) is 5.82 Å². The molecule has 6 nitrogen and oxygen atoms in total. The van der Waals surface area contributed by atoms with Gasteiger partial charge in [0.05, 0.1) is 12.5 Å². The Morgan fingerprint density at radius 2 is 1.74 bits per heavy atom. The van der Waals surface area contributed by atoms with Gasteiger partial charge in [-0.15, -0.1) is 0 Å². The second-order valence-corrected chi connectivity index (χ2v) is 6.08. The Bertz CT molecular complexity index is 836. The number of nitrogens with zero attached hydrogens (tertiary/aromatic N) is 1. The van der Waals surface area contributed by atoms with Crippen LogP contribution in [0.25, 0.3) is 0 Å². The zero-order chi connectivity index (χ0) is 20.0. The zero-order valence-corrected chi connectivity index (χ0v) is 15.1. The van der Waals surface area contributed by atoms with Crippen LogP contribution in [0.4, 0.5) is 4.39 Å². The summed E-state index contributed by atoms with van der Waals surface area (Å²) in [5.41, 5.74) is 1.08. The van der Waals surface area contributed by atoms with Crippen LogP contribution in [0.5, 0.6) is 0 Å². The van der Waals surface area contributed by atoms with E-state index >= 15 is 0 Å². The summed E-state index contributed by atoms with van der Waals surface area (Å²) < 4.78 is 13.1. The van der Waals surface area contributed by atoms with Crippen LogP contribution in [-0.4, -0.2) is 41.4 Å². The summed E-state index contributed by atoms with van der Waals surface area (Å²) in [6, 6.07) is 10.7. The Hall–Kier alpha value is -3.22. The molecule has 2 N–H and O–H groups in total. The minimum atomic E-state index is -1.10. The highest BCUT2D eigenvalue weighted by Crippen LogP contribution is 2.19. The average molecular weight is 372 g/mol. The number of benzene rings is 2. The number of amides is 2. The van der Waals surface area contributed by atoms with Crippen LogP contribution in [0.1, 0.15) is 45.7 Å². The molecule has 1 unspecified atom stereocenters. The third-order valence-electron chi connectivity index (χ3n) is 4.15. The van der Waals surface area contributed by atoms with E-state index in [0.29, 0.717) is 17.7 Å². The number of aliphatic carboxylic acids is 1. The molecule has 2 amide bonds. The third-order valence-corrected chi connectivity index (χ3v) is 4.15. The van der Waals surface area contributed by atoms with Gasteiger partial charge in [-0.3, -0.25) is 14.4 Å². The number of carbonyl (C=O) groups is 3. The molecule has 2 aromatic rings. The third kappa shape index (κ3) is 5.37. The summed E-state index contributed by atoms with van der Waals surface area (Å²) in [6.45, 7) is 2.37. The fourth-order valence-corrected chi connectivity index (χ4v) is 2.52. The lowest BCUT2D eigenvalue weighted by Gasteiger charge is -2.18. The molecule has 1 atom stereocenters. The van der Waals surface area contributed by atoms with Crippen LogP contribution in [0.3, 0.4) is 0 Å². The maximum Gasteiger partial charge on any atom is 0.305 e. The Balaban J connectivity index is 2.23. The van der Waals surface area contributed by atoms with Gasteiger partial charge in [0, 0.05) is 24.7 Å². The lowest BCUT2D eigenvalue weighted by atomic mass is 10.0. The summed E-state index contributed by atoms with van der Waals surface area (Å²) in [4.78, 5) is 37.5. The number of carbonyl (C=O) groups excluding carboxylic acids is 2. The highest BCUT2D eigenvalue weighted by Gasteiger charge is 2.20. The van der Waals surface area contributed by atoms with Gasteiger partial charge in [-0.2, -0.15) is 0 Å². The molecule has 0 aliphatic carbocycles. The summed E-state index contributed by atoms with van der Waals surface area (Å²) in [5, 5.41) is 11.8. The van der Waals surface area contributed by atoms with Crippen LogP contribution < -0.4 is 5.32 Å². The monoisotopic (exact) mass is 372 g/mol. The van der Waals surface area contributed by atoms with E-state index in [1.54, 1.807) is 25.2 Å². The van der Waals surface area contributed by atoms with E-state index in [1.165, 1.54) is 35.2 Å². The van der Waals surface area contributed by atoms with E-state index in [-0.39, 0.29) is 17.9 Å². The van der Waals surface area contributed by atoms with Crippen molar-refractivity contribution in [3.8, 4) is 0 Å². The van der Waals surface area contributed by atoms with Crippen molar-refractivity contribution < 1.29 is 23.9 Å². The van der Waals surface area contributed by atoms with Crippen molar-refractivity contribution in [2.45, 2.75) is 19.4 Å². The Morgan fingerprint density at radius 3 is 2.33 bits per heavy atom. The molecule has 142 valence electrons. The topological polar surface area (TPSA) is 86.7 Å². The summed E-state index contributed by atoms with van der Waals surface area (Å²) >= 11 is 0. The molecule has 27 heavy (non-hydrogen) atoms. The summed E-state index contributed by atoms with van der Waals surface area (Å²) in [7, 11) is 1.66. The van der Waals surface area contributed by atoms with Crippen molar-refractivity contribution in [1.82, 2.24) is 10.2 Å². The number of nitrogens with one attached hydrogen (secondary N) is 1. The number of carboxylic acid groups (broad SMARTS) is 1. The van der Waals surface area contributed by atoms with E-state index < -0.39 is 23.7 Å². The van der Waals surface area contributed by atoms with Gasteiger partial charge < -0.3 is 15.3 Å². The van der Waals surface area contributed by atoms with Gasteiger partial charge >= 0.3 is 5.97 Å². The maximum absolute atomic E-state index is 13.1. The highest BCUT2D eigenvalue weighted by atomic mass is 19.1. The average Bonchev–Trinajstić information content (AvgIpc) is 2.66. The second kappa shape index (κ2) is 8.93. The van der Waals surface area contributed by atoms with Gasteiger partial charge in [-0.25, -0.2) is 4.39 Å². The zero-order valence-electron chi connectivity index (χ0n) is 15.1. The van der Waals surface area contributed by atoms with Crippen LogP contribution in [0.15, 0.2) is 48.5 Å². The minimum Gasteiger partial charge on any atom is -0.481 e. The van der Waals surface area contributed by atoms with Crippen LogP contribution in [0.2, 0.25) is 0 Å². The number of carboxylic acids is 1. The van der Waals surface area contributed by atoms with Crippen molar-refractivity contribution in [2.75, 3.05) is 13.6 Å². The fourth-order valence-electron chi connectivity index (χ4n) is 2.52.